The molecule has 0 amide bonds. The zero-order chi connectivity index (χ0) is 16.5. The second-order valence-corrected chi connectivity index (χ2v) is 10.1. The average Bonchev–Trinajstić information content (AvgIpc) is 2.72. The Bertz CT molecular complexity index is 876. The van der Waals surface area contributed by atoms with Crippen molar-refractivity contribution in [3.63, 3.8) is 0 Å². The molecule has 2 aromatic rings. The molecule has 0 aliphatic rings. The normalized spacial score (nSPS) is 12.5. The van der Waals surface area contributed by atoms with Gasteiger partial charge in [-0.05, 0) is 43.3 Å². The van der Waals surface area contributed by atoms with E-state index < -0.39 is 20.0 Å². The fraction of sp³-hybridized carbons (Fsp3) is 0.286. The molecular formula is C14H17NO4S3. The predicted molar refractivity (Wildman–Crippen MR) is 87.9 cm³/mol. The molecule has 0 bridgehead atoms. The fourth-order valence-electron chi connectivity index (χ4n) is 2.16. The van der Waals surface area contributed by atoms with Crippen LogP contribution in [0.5, 0.6) is 0 Å². The van der Waals surface area contributed by atoms with Crippen LogP contribution in [0.2, 0.25) is 0 Å². The molecule has 0 aliphatic carbocycles. The summed E-state index contributed by atoms with van der Waals surface area (Å²) in [5, 5.41) is 1.66. The lowest BCUT2D eigenvalue weighted by molar-refractivity contribution is 0.577. The lowest BCUT2D eigenvalue weighted by Gasteiger charge is -2.08. The highest BCUT2D eigenvalue weighted by Gasteiger charge is 2.24. The first-order valence-corrected chi connectivity index (χ1v) is 10.5. The molecule has 22 heavy (non-hydrogen) atoms. The third kappa shape index (κ3) is 4.39. The minimum absolute atomic E-state index is 0.00556. The number of sulfonamides is 2. The van der Waals surface area contributed by atoms with Crippen LogP contribution in [-0.4, -0.2) is 16.8 Å². The molecule has 0 radical (unpaired) electrons. The van der Waals surface area contributed by atoms with Crippen molar-refractivity contribution in [1.82, 2.24) is 4.13 Å². The van der Waals surface area contributed by atoms with E-state index in [0.717, 1.165) is 28.0 Å². The summed E-state index contributed by atoms with van der Waals surface area (Å²) in [5.74, 6) is -0.376. The van der Waals surface area contributed by atoms with Crippen LogP contribution in [0.15, 0.2) is 33.9 Å². The quantitative estimate of drug-likeness (QED) is 0.889. The Labute approximate surface area is 135 Å². The highest BCUT2D eigenvalue weighted by atomic mass is 32.3. The summed E-state index contributed by atoms with van der Waals surface area (Å²) >= 11 is 0.993. The van der Waals surface area contributed by atoms with Gasteiger partial charge in [0.2, 0.25) is 10.0 Å². The van der Waals surface area contributed by atoms with Crippen molar-refractivity contribution < 1.29 is 16.8 Å². The molecule has 0 unspecified atom stereocenters. The summed E-state index contributed by atoms with van der Waals surface area (Å²) < 4.78 is 50.3. The van der Waals surface area contributed by atoms with Gasteiger partial charge >= 0.3 is 0 Å². The summed E-state index contributed by atoms with van der Waals surface area (Å²) in [6.07, 6.45) is 0. The second-order valence-electron chi connectivity index (χ2n) is 5.28. The second kappa shape index (κ2) is 6.11. The van der Waals surface area contributed by atoms with Gasteiger partial charge in [0.1, 0.15) is 4.21 Å². The van der Waals surface area contributed by atoms with Crippen molar-refractivity contribution in [3.05, 3.63) is 51.9 Å². The van der Waals surface area contributed by atoms with E-state index in [-0.39, 0.29) is 9.96 Å². The Kier molecular flexibility index (Phi) is 4.76. The van der Waals surface area contributed by atoms with E-state index in [1.165, 1.54) is 6.07 Å². The van der Waals surface area contributed by atoms with Crippen LogP contribution in [0.3, 0.4) is 0 Å². The number of thiophene rings is 1. The Morgan fingerprint density at radius 1 is 0.909 bits per heavy atom. The molecule has 5 nitrogen and oxygen atoms in total. The van der Waals surface area contributed by atoms with Crippen molar-refractivity contribution in [1.29, 1.82) is 0 Å². The van der Waals surface area contributed by atoms with Crippen LogP contribution in [0, 0.1) is 20.8 Å². The van der Waals surface area contributed by atoms with Crippen molar-refractivity contribution in [2.45, 2.75) is 30.7 Å². The molecule has 0 spiro atoms. The standard InChI is InChI=1S/C14H17NO4S3/c1-10-4-11(2)6-13(5-10)9-21(16,17)15-22(18,19)14-7-12(3)8-20-14/h4-8,15H,9H2,1-3H3. The van der Waals surface area contributed by atoms with Crippen LogP contribution >= 0.6 is 11.3 Å². The van der Waals surface area contributed by atoms with Crippen LogP contribution in [0.25, 0.3) is 0 Å². The summed E-state index contributed by atoms with van der Waals surface area (Å²) in [6, 6.07) is 6.83. The van der Waals surface area contributed by atoms with E-state index in [2.05, 4.69) is 0 Å². The minimum Gasteiger partial charge on any atom is -0.211 e. The highest BCUT2D eigenvalue weighted by Crippen LogP contribution is 2.20. The summed E-state index contributed by atoms with van der Waals surface area (Å²) in [7, 11) is -8.05. The van der Waals surface area contributed by atoms with Crippen molar-refractivity contribution in [2.75, 3.05) is 0 Å². The van der Waals surface area contributed by atoms with Gasteiger partial charge in [-0.3, -0.25) is 0 Å². The fourth-order valence-corrected chi connectivity index (χ4v) is 6.58. The van der Waals surface area contributed by atoms with Crippen LogP contribution in [0.1, 0.15) is 22.3 Å². The SMILES string of the molecule is Cc1cc(C)cc(CS(=O)(=O)NS(=O)(=O)c2cc(C)cs2)c1. The Balaban J connectivity index is 2.24. The molecule has 120 valence electrons. The van der Waals surface area contributed by atoms with Crippen molar-refractivity contribution in [3.8, 4) is 0 Å². The van der Waals surface area contributed by atoms with Crippen LogP contribution in [0.4, 0.5) is 0 Å². The molecule has 0 fully saturated rings. The number of hydrogen-bond donors (Lipinski definition) is 1. The van der Waals surface area contributed by atoms with E-state index in [1.54, 1.807) is 28.6 Å². The number of hydrogen-bond acceptors (Lipinski definition) is 5. The molecule has 1 heterocycles. The first-order valence-electron chi connectivity index (χ1n) is 6.46. The number of nitrogens with one attached hydrogen (secondary N) is 1. The lowest BCUT2D eigenvalue weighted by Crippen LogP contribution is -2.31. The molecule has 0 aliphatic heterocycles. The first-order chi connectivity index (χ1) is 10.1. The van der Waals surface area contributed by atoms with Crippen molar-refractivity contribution in [2.24, 2.45) is 0 Å². The van der Waals surface area contributed by atoms with Crippen LogP contribution < -0.4 is 4.13 Å². The molecular weight excluding hydrogens is 342 g/mol. The molecule has 0 saturated heterocycles. The van der Waals surface area contributed by atoms with Gasteiger partial charge < -0.3 is 0 Å². The Hall–Kier alpha value is -1.22. The Morgan fingerprint density at radius 3 is 2.00 bits per heavy atom. The number of benzene rings is 1. The summed E-state index contributed by atoms with van der Waals surface area (Å²) in [6.45, 7) is 5.48. The largest absolute Gasteiger partial charge is 0.263 e. The molecule has 0 saturated carbocycles. The van der Waals surface area contributed by atoms with Gasteiger partial charge in [0.15, 0.2) is 0 Å². The van der Waals surface area contributed by atoms with Gasteiger partial charge in [0, 0.05) is 0 Å². The predicted octanol–water partition coefficient (Wildman–Crippen LogP) is 2.48. The van der Waals surface area contributed by atoms with E-state index in [9.17, 15) is 16.8 Å². The number of aryl methyl sites for hydroxylation is 3. The van der Waals surface area contributed by atoms with E-state index in [1.807, 2.05) is 19.9 Å². The molecule has 1 N–H and O–H groups in total. The molecule has 8 heteroatoms. The Morgan fingerprint density at radius 2 is 1.50 bits per heavy atom. The van der Waals surface area contributed by atoms with Gasteiger partial charge in [0.05, 0.1) is 5.75 Å². The zero-order valence-corrected chi connectivity index (χ0v) is 14.9. The van der Waals surface area contributed by atoms with Gasteiger partial charge in [0.25, 0.3) is 10.0 Å². The maximum atomic E-state index is 12.1. The van der Waals surface area contributed by atoms with Crippen LogP contribution in [-0.2, 0) is 25.8 Å². The zero-order valence-electron chi connectivity index (χ0n) is 12.5. The number of rotatable bonds is 5. The molecule has 2 rings (SSSR count). The average molecular weight is 359 g/mol. The first kappa shape index (κ1) is 17.1. The monoisotopic (exact) mass is 359 g/mol. The smallest absolute Gasteiger partial charge is 0.211 e. The van der Waals surface area contributed by atoms with Gasteiger partial charge in [-0.25, -0.2) is 16.8 Å². The third-order valence-electron chi connectivity index (χ3n) is 2.85. The highest BCUT2D eigenvalue weighted by molar-refractivity contribution is 8.05. The summed E-state index contributed by atoms with van der Waals surface area (Å²) in [5.41, 5.74) is 3.20. The van der Waals surface area contributed by atoms with Gasteiger partial charge in [-0.2, -0.15) is 0 Å². The van der Waals surface area contributed by atoms with Crippen molar-refractivity contribution >= 4 is 31.4 Å². The van der Waals surface area contributed by atoms with E-state index in [0.29, 0.717) is 5.56 Å². The molecule has 1 aromatic heterocycles. The maximum absolute atomic E-state index is 12.1. The topological polar surface area (TPSA) is 80.3 Å². The lowest BCUT2D eigenvalue weighted by atomic mass is 10.1. The summed E-state index contributed by atoms with van der Waals surface area (Å²) in [4.78, 5) is 0. The van der Waals surface area contributed by atoms with Gasteiger partial charge in [-0.1, -0.05) is 29.3 Å². The molecule has 1 aromatic carbocycles. The molecule has 0 atom stereocenters. The third-order valence-corrected chi connectivity index (χ3v) is 7.89. The minimum atomic E-state index is -4.06. The van der Waals surface area contributed by atoms with E-state index in [4.69, 9.17) is 0 Å². The maximum Gasteiger partial charge on any atom is 0.263 e. The van der Waals surface area contributed by atoms with Gasteiger partial charge in [-0.15, -0.1) is 15.5 Å². The van der Waals surface area contributed by atoms with E-state index >= 15 is 0 Å².